The molecule has 6 rings (SSSR count). The number of rotatable bonds is 7. The van der Waals surface area contributed by atoms with Crippen molar-refractivity contribution in [3.8, 4) is 23.6 Å². The maximum Gasteiger partial charge on any atom is 0.435 e. The number of aromatic nitrogens is 4. The predicted molar refractivity (Wildman–Crippen MR) is 159 cm³/mol. The van der Waals surface area contributed by atoms with Crippen LogP contribution in [0.1, 0.15) is 26.7 Å². The molecule has 4 amide bonds. The van der Waals surface area contributed by atoms with E-state index in [1.54, 1.807) is 4.90 Å². The van der Waals surface area contributed by atoms with Gasteiger partial charge in [0.05, 0.1) is 40.2 Å². The lowest BCUT2D eigenvalue weighted by molar-refractivity contribution is -0.141. The van der Waals surface area contributed by atoms with Gasteiger partial charge in [0.25, 0.3) is 11.8 Å². The summed E-state index contributed by atoms with van der Waals surface area (Å²) in [6, 6.07) is 3.62. The Bertz CT molecular complexity index is 1740. The lowest BCUT2D eigenvalue weighted by Gasteiger charge is -2.24. The number of hydrogen-bond acceptors (Lipinski definition) is 7. The molecule has 0 spiro atoms. The molecule has 17 heteroatoms. The zero-order valence-corrected chi connectivity index (χ0v) is 25.1. The number of fused-ring (bicyclic) bond motifs is 1. The molecular weight excluding hydrogens is 631 g/mol. The first kappa shape index (κ1) is 31.4. The highest BCUT2D eigenvalue weighted by Crippen LogP contribution is 2.45. The molecule has 3 fully saturated rings. The molecule has 46 heavy (non-hydrogen) atoms. The Kier molecular flexibility index (Phi) is 8.17. The second-order valence-corrected chi connectivity index (χ2v) is 11.9. The van der Waals surface area contributed by atoms with Gasteiger partial charge in [-0.25, -0.2) is 9.78 Å². The molecule has 1 unspecified atom stereocenters. The van der Waals surface area contributed by atoms with Crippen LogP contribution in [0.2, 0.25) is 5.02 Å². The molecule has 3 aliphatic rings. The number of anilines is 1. The highest BCUT2D eigenvalue weighted by molar-refractivity contribution is 6.34. The average Bonchev–Trinajstić information content (AvgIpc) is 3.55. The first-order valence-corrected chi connectivity index (χ1v) is 14.7. The van der Waals surface area contributed by atoms with E-state index in [2.05, 4.69) is 37.3 Å². The number of aliphatic hydroxyl groups excluding tert-OH is 1. The molecule has 4 heterocycles. The second-order valence-electron chi connectivity index (χ2n) is 11.5. The number of benzene rings is 1. The molecule has 0 radical (unpaired) electrons. The van der Waals surface area contributed by atoms with Gasteiger partial charge in [0, 0.05) is 63.0 Å². The third kappa shape index (κ3) is 6.00. The minimum Gasteiger partial charge on any atom is -0.390 e. The molecule has 13 nitrogen and oxygen atoms in total. The van der Waals surface area contributed by atoms with Crippen molar-refractivity contribution in [1.29, 1.82) is 0 Å². The minimum absolute atomic E-state index is 0.00398. The van der Waals surface area contributed by atoms with Crippen molar-refractivity contribution in [2.75, 3.05) is 31.5 Å². The summed E-state index contributed by atoms with van der Waals surface area (Å²) < 4.78 is 43.1. The number of aliphatic hydroxyl groups is 1. The number of nitrogens with zero attached hydrogens (tertiary/aromatic N) is 5. The van der Waals surface area contributed by atoms with E-state index >= 15 is 0 Å². The Hall–Kier alpha value is -4.59. The summed E-state index contributed by atoms with van der Waals surface area (Å²) in [6.45, 7) is 1.73. The van der Waals surface area contributed by atoms with E-state index in [0.717, 1.165) is 17.1 Å². The van der Waals surface area contributed by atoms with E-state index in [-0.39, 0.29) is 69.9 Å². The highest BCUT2D eigenvalue weighted by atomic mass is 35.5. The lowest BCUT2D eigenvalue weighted by Crippen LogP contribution is -2.49. The number of alkyl halides is 3. The Labute approximate surface area is 265 Å². The van der Waals surface area contributed by atoms with Gasteiger partial charge < -0.3 is 35.8 Å². The third-order valence-corrected chi connectivity index (χ3v) is 8.81. The van der Waals surface area contributed by atoms with Gasteiger partial charge in [-0.3, -0.25) is 14.3 Å². The number of halogens is 4. The monoisotopic (exact) mass is 659 g/mol. The van der Waals surface area contributed by atoms with E-state index < -0.39 is 29.8 Å². The van der Waals surface area contributed by atoms with Gasteiger partial charge in [0.2, 0.25) is 0 Å². The number of hydrogen-bond donors (Lipinski definition) is 5. The number of terminal acetylenes is 1. The van der Waals surface area contributed by atoms with Crippen LogP contribution < -0.4 is 21.3 Å². The molecule has 3 aromatic rings. The molecule has 0 bridgehead atoms. The van der Waals surface area contributed by atoms with Gasteiger partial charge in [0.1, 0.15) is 6.54 Å². The molecule has 1 aromatic carbocycles. The summed E-state index contributed by atoms with van der Waals surface area (Å²) in [7, 11) is 1.40. The first-order valence-electron chi connectivity index (χ1n) is 14.3. The number of β-amino-alcohol motifs (C(OH)–C–C–N with tert-alkyl or cyclic N) is 1. The van der Waals surface area contributed by atoms with Crippen molar-refractivity contribution in [3.63, 3.8) is 0 Å². The van der Waals surface area contributed by atoms with Crippen LogP contribution in [0, 0.1) is 24.2 Å². The van der Waals surface area contributed by atoms with Crippen molar-refractivity contribution in [1.82, 2.24) is 40.2 Å². The number of piperidine rings is 1. The Balaban J connectivity index is 1.06. The van der Waals surface area contributed by atoms with Crippen molar-refractivity contribution >= 4 is 35.1 Å². The molecule has 2 aromatic heterocycles. The second kappa shape index (κ2) is 12.0. The summed E-state index contributed by atoms with van der Waals surface area (Å²) in [4.78, 5) is 44.2. The molecule has 1 aliphatic carbocycles. The van der Waals surface area contributed by atoms with Crippen LogP contribution in [0.15, 0.2) is 30.6 Å². The predicted octanol–water partition coefficient (Wildman–Crippen LogP) is 1.54. The van der Waals surface area contributed by atoms with E-state index in [9.17, 15) is 32.7 Å². The fourth-order valence-corrected chi connectivity index (χ4v) is 6.29. The molecule has 2 aliphatic heterocycles. The van der Waals surface area contributed by atoms with Crippen LogP contribution in [0.25, 0.3) is 11.3 Å². The minimum atomic E-state index is -4.76. The maximum atomic E-state index is 13.6. The number of urea groups is 1. The van der Waals surface area contributed by atoms with Crippen molar-refractivity contribution in [3.05, 3.63) is 52.7 Å². The maximum absolute atomic E-state index is 13.6. The number of amides is 4. The lowest BCUT2D eigenvalue weighted by atomic mass is 10.2. The van der Waals surface area contributed by atoms with Gasteiger partial charge in [-0.15, -0.1) is 6.42 Å². The summed E-state index contributed by atoms with van der Waals surface area (Å²) >= 11 is 6.39. The van der Waals surface area contributed by atoms with Crippen LogP contribution in [0.5, 0.6) is 0 Å². The van der Waals surface area contributed by atoms with Gasteiger partial charge in [-0.1, -0.05) is 17.5 Å². The van der Waals surface area contributed by atoms with E-state index in [1.807, 2.05) is 0 Å². The van der Waals surface area contributed by atoms with Crippen LogP contribution in [0.3, 0.4) is 0 Å². The number of carbonyl (C=O) groups excluding carboxylic acids is 3. The number of carbonyl (C=O) groups is 3. The van der Waals surface area contributed by atoms with Crippen LogP contribution in [0.4, 0.5) is 23.7 Å². The summed E-state index contributed by atoms with van der Waals surface area (Å²) in [5.41, 5.74) is -1.02. The standard InChI is InChI=1S/C29H29ClF3N9O4/c1-3-6-42-13-18(24(39-42)29(31,32)33)21-9-35-25(40(21)2)27(45)36-14-4-5-15(19(30)7-14)26(44)38-23-16-11-41(12-17(16)23)28(46)37-20-8-34-10-22(20)43/h1,4-5,7,9,13,16-17,20,22-23,34,43H,6,8,10-12H2,2H3,(H,36,45)(H,37,46)(H,38,44)/t16-,17+,20-,22-,23?/m1/s1. The summed E-state index contributed by atoms with van der Waals surface area (Å²) in [6.07, 6.45) is 2.11. The summed E-state index contributed by atoms with van der Waals surface area (Å²) in [5.74, 6) is 1.16. The van der Waals surface area contributed by atoms with Gasteiger partial charge in [-0.05, 0) is 18.2 Å². The van der Waals surface area contributed by atoms with Gasteiger partial charge >= 0.3 is 12.2 Å². The van der Waals surface area contributed by atoms with E-state index in [1.165, 1.54) is 29.8 Å². The zero-order valence-electron chi connectivity index (χ0n) is 24.3. The van der Waals surface area contributed by atoms with Crippen molar-refractivity contribution in [2.45, 2.75) is 30.9 Å². The fraction of sp³-hybridized carbons (Fsp3) is 0.414. The summed E-state index contributed by atoms with van der Waals surface area (Å²) in [5, 5.41) is 24.9. The van der Waals surface area contributed by atoms with Crippen LogP contribution in [-0.2, 0) is 19.8 Å². The van der Waals surface area contributed by atoms with E-state index in [0.29, 0.717) is 26.2 Å². The van der Waals surface area contributed by atoms with Gasteiger partial charge in [0.15, 0.2) is 11.5 Å². The van der Waals surface area contributed by atoms with Crippen molar-refractivity contribution in [2.24, 2.45) is 18.9 Å². The Morgan fingerprint density at radius 1 is 1.17 bits per heavy atom. The van der Waals surface area contributed by atoms with Crippen LogP contribution >= 0.6 is 11.6 Å². The fourth-order valence-electron chi connectivity index (χ4n) is 6.03. The zero-order chi connectivity index (χ0) is 32.9. The van der Waals surface area contributed by atoms with Gasteiger partial charge in [-0.2, -0.15) is 18.3 Å². The van der Waals surface area contributed by atoms with Crippen molar-refractivity contribution < 1.29 is 32.7 Å². The van der Waals surface area contributed by atoms with E-state index in [4.69, 9.17) is 18.0 Å². The largest absolute Gasteiger partial charge is 0.435 e. The number of nitrogens with one attached hydrogen (secondary N) is 4. The quantitative estimate of drug-likeness (QED) is 0.241. The molecule has 5 N–H and O–H groups in total. The molecular formula is C29H29ClF3N9O4. The highest BCUT2D eigenvalue weighted by Gasteiger charge is 2.57. The third-order valence-electron chi connectivity index (χ3n) is 8.49. The smallest absolute Gasteiger partial charge is 0.390 e. The molecule has 242 valence electrons. The Morgan fingerprint density at radius 2 is 1.91 bits per heavy atom. The van der Waals surface area contributed by atoms with Crippen LogP contribution in [-0.4, -0.2) is 91.6 Å². The number of likely N-dealkylation sites (tertiary alicyclic amines) is 1. The SMILES string of the molecule is C#CCn1cc(-c2cnc(C(=O)Nc3ccc(C(=O)NC4[C@H]5CN(C(=O)N[C@@H]6CNC[C@H]6O)C[C@@H]45)c(Cl)c3)n2C)c(C(F)(F)F)n1. The molecule has 1 saturated carbocycles. The normalized spacial score (nSPS) is 23.5. The Morgan fingerprint density at radius 3 is 2.54 bits per heavy atom. The first-order chi connectivity index (χ1) is 21.8. The molecule has 2 saturated heterocycles. The topological polar surface area (TPSA) is 158 Å². The number of imidazole rings is 1. The molecule has 5 atom stereocenters. The average molecular weight is 660 g/mol.